The highest BCUT2D eigenvalue weighted by molar-refractivity contribution is 9.10. The van der Waals surface area contributed by atoms with E-state index in [0.717, 1.165) is 19.3 Å². The molecule has 0 aliphatic heterocycles. The molecule has 29 heavy (non-hydrogen) atoms. The van der Waals surface area contributed by atoms with Gasteiger partial charge >= 0.3 is 5.97 Å². The molecule has 154 valence electrons. The number of aromatic carboxylic acids is 1. The molecule has 1 saturated carbocycles. The maximum absolute atomic E-state index is 12.8. The number of benzene rings is 1. The molecule has 2 amide bonds. The molecule has 1 aromatic carbocycles. The van der Waals surface area contributed by atoms with E-state index in [-0.39, 0.29) is 32.5 Å². The molecule has 0 bridgehead atoms. The lowest BCUT2D eigenvalue weighted by Crippen LogP contribution is -2.53. The Kier molecular flexibility index (Phi) is 6.00. The van der Waals surface area contributed by atoms with Gasteiger partial charge in [-0.15, -0.1) is 0 Å². The third-order valence-electron chi connectivity index (χ3n) is 5.45. The molecule has 8 nitrogen and oxygen atoms in total. The van der Waals surface area contributed by atoms with Crippen LogP contribution in [0, 0.1) is 5.92 Å². The zero-order valence-corrected chi connectivity index (χ0v) is 18.0. The Labute approximate surface area is 180 Å². The number of nitrogens with zero attached hydrogens (tertiary/aromatic N) is 2. The molecule has 0 saturated heterocycles. The number of anilines is 1. The number of rotatable bonds is 5. The topological polar surface area (TPSA) is 127 Å². The van der Waals surface area contributed by atoms with E-state index in [2.05, 4.69) is 26.3 Å². The van der Waals surface area contributed by atoms with E-state index < -0.39 is 23.3 Å². The van der Waals surface area contributed by atoms with Crippen LogP contribution in [-0.4, -0.2) is 32.7 Å². The predicted molar refractivity (Wildman–Crippen MR) is 111 cm³/mol. The van der Waals surface area contributed by atoms with Gasteiger partial charge in [0.25, 0.3) is 5.91 Å². The van der Waals surface area contributed by atoms with Crippen LogP contribution in [0.2, 0.25) is 5.02 Å². The lowest BCUT2D eigenvalue weighted by atomic mass is 9.73. The van der Waals surface area contributed by atoms with Crippen LogP contribution in [0.4, 0.5) is 5.82 Å². The van der Waals surface area contributed by atoms with Crippen LogP contribution in [0.1, 0.15) is 53.5 Å². The van der Waals surface area contributed by atoms with Gasteiger partial charge in [-0.1, -0.05) is 43.5 Å². The molecule has 3 rings (SSSR count). The van der Waals surface area contributed by atoms with Crippen molar-refractivity contribution in [3.8, 4) is 0 Å². The summed E-state index contributed by atoms with van der Waals surface area (Å²) in [4.78, 5) is 37.1. The SMILES string of the molecule is CC1CCCCC1(C(N)=O)n1nc(C(=O)O)c(Br)c1NC(=O)c1ccccc1Cl. The highest BCUT2D eigenvalue weighted by Crippen LogP contribution is 2.43. The quantitative estimate of drug-likeness (QED) is 0.598. The monoisotopic (exact) mass is 482 g/mol. The van der Waals surface area contributed by atoms with Gasteiger partial charge in [0.15, 0.2) is 5.69 Å². The normalized spacial score (nSPS) is 21.6. The highest BCUT2D eigenvalue weighted by Gasteiger charge is 2.48. The number of carboxylic acids is 1. The van der Waals surface area contributed by atoms with Crippen molar-refractivity contribution in [2.45, 2.75) is 38.1 Å². The van der Waals surface area contributed by atoms with Crippen LogP contribution in [0.3, 0.4) is 0 Å². The van der Waals surface area contributed by atoms with Crippen molar-refractivity contribution >= 4 is 51.1 Å². The van der Waals surface area contributed by atoms with Crippen molar-refractivity contribution in [2.24, 2.45) is 11.7 Å². The van der Waals surface area contributed by atoms with Crippen molar-refractivity contribution in [1.29, 1.82) is 0 Å². The minimum Gasteiger partial charge on any atom is -0.476 e. The zero-order valence-electron chi connectivity index (χ0n) is 15.6. The van der Waals surface area contributed by atoms with E-state index in [1.165, 1.54) is 10.7 Å². The largest absolute Gasteiger partial charge is 0.476 e. The molecule has 10 heteroatoms. The van der Waals surface area contributed by atoms with Crippen molar-refractivity contribution < 1.29 is 19.5 Å². The van der Waals surface area contributed by atoms with Crippen molar-refractivity contribution in [2.75, 3.05) is 5.32 Å². The maximum Gasteiger partial charge on any atom is 0.357 e. The molecule has 0 spiro atoms. The van der Waals surface area contributed by atoms with Crippen LogP contribution in [0.5, 0.6) is 0 Å². The number of nitrogens with one attached hydrogen (secondary N) is 1. The summed E-state index contributed by atoms with van der Waals surface area (Å²) < 4.78 is 1.32. The second kappa shape index (κ2) is 8.16. The van der Waals surface area contributed by atoms with E-state index in [9.17, 15) is 19.5 Å². The Morgan fingerprint density at radius 1 is 1.34 bits per heavy atom. The molecule has 1 aromatic heterocycles. The third kappa shape index (κ3) is 3.64. The summed E-state index contributed by atoms with van der Waals surface area (Å²) in [5, 5.41) is 16.6. The number of aromatic nitrogens is 2. The second-order valence-electron chi connectivity index (χ2n) is 7.10. The first-order chi connectivity index (χ1) is 13.7. The molecule has 4 N–H and O–H groups in total. The van der Waals surface area contributed by atoms with Gasteiger partial charge in [-0.05, 0) is 46.8 Å². The van der Waals surface area contributed by atoms with Crippen LogP contribution in [0.15, 0.2) is 28.7 Å². The van der Waals surface area contributed by atoms with Gasteiger partial charge in [-0.25, -0.2) is 9.48 Å². The summed E-state index contributed by atoms with van der Waals surface area (Å²) in [6.45, 7) is 1.87. The number of halogens is 2. The highest BCUT2D eigenvalue weighted by atomic mass is 79.9. The number of carbonyl (C=O) groups excluding carboxylic acids is 2. The van der Waals surface area contributed by atoms with Crippen LogP contribution in [0.25, 0.3) is 0 Å². The standard InChI is InChI=1S/C19H20BrClN4O4/c1-10-6-4-5-9-19(10,18(22)29)25-15(13(20)14(24-25)17(27)28)23-16(26)11-7-2-3-8-12(11)21/h2-3,7-8,10H,4-6,9H2,1H3,(H2,22,29)(H,23,26)(H,27,28). The number of carbonyl (C=O) groups is 3. The first-order valence-corrected chi connectivity index (χ1v) is 10.2. The van der Waals surface area contributed by atoms with Gasteiger partial charge in [-0.2, -0.15) is 5.10 Å². The molecule has 1 heterocycles. The average molecular weight is 484 g/mol. The Hall–Kier alpha value is -2.39. The van der Waals surface area contributed by atoms with Gasteiger partial charge in [0, 0.05) is 0 Å². The summed E-state index contributed by atoms with van der Waals surface area (Å²) in [6.07, 6.45) is 2.77. The van der Waals surface area contributed by atoms with E-state index in [4.69, 9.17) is 17.3 Å². The van der Waals surface area contributed by atoms with E-state index >= 15 is 0 Å². The van der Waals surface area contributed by atoms with Gasteiger partial charge < -0.3 is 16.2 Å². The Balaban J connectivity index is 2.16. The molecule has 1 aliphatic carbocycles. The zero-order chi connectivity index (χ0) is 21.3. The Morgan fingerprint density at radius 3 is 2.62 bits per heavy atom. The molecule has 1 aliphatic rings. The van der Waals surface area contributed by atoms with E-state index in [1.807, 2.05) is 6.92 Å². The maximum atomic E-state index is 12.8. The Morgan fingerprint density at radius 2 is 2.03 bits per heavy atom. The summed E-state index contributed by atoms with van der Waals surface area (Å²) in [5.41, 5.74) is 4.43. The van der Waals surface area contributed by atoms with Gasteiger partial charge in [0.1, 0.15) is 11.4 Å². The molecule has 0 radical (unpaired) electrons. The lowest BCUT2D eigenvalue weighted by molar-refractivity contribution is -0.131. The smallest absolute Gasteiger partial charge is 0.357 e. The Bertz CT molecular complexity index is 993. The third-order valence-corrected chi connectivity index (χ3v) is 6.53. The fraction of sp³-hybridized carbons (Fsp3) is 0.368. The number of primary amides is 1. The molecule has 2 unspecified atom stereocenters. The summed E-state index contributed by atoms with van der Waals surface area (Å²) in [6, 6.07) is 6.45. The number of nitrogens with two attached hydrogens (primary N) is 1. The van der Waals surface area contributed by atoms with Gasteiger partial charge in [0.05, 0.1) is 15.1 Å². The number of hydrogen-bond donors (Lipinski definition) is 3. The minimum atomic E-state index is -1.30. The fourth-order valence-electron chi connectivity index (χ4n) is 3.87. The van der Waals surface area contributed by atoms with Gasteiger partial charge in [-0.3, -0.25) is 9.59 Å². The summed E-state index contributed by atoms with van der Waals surface area (Å²) in [7, 11) is 0. The number of carboxylic acid groups (broad SMARTS) is 1. The first-order valence-electron chi connectivity index (χ1n) is 9.08. The van der Waals surface area contributed by atoms with Crippen LogP contribution < -0.4 is 11.1 Å². The van der Waals surface area contributed by atoms with Crippen molar-refractivity contribution in [1.82, 2.24) is 9.78 Å². The molecule has 2 aromatic rings. The second-order valence-corrected chi connectivity index (χ2v) is 8.30. The van der Waals surface area contributed by atoms with E-state index in [1.54, 1.807) is 18.2 Å². The molecular weight excluding hydrogens is 464 g/mol. The fourth-order valence-corrected chi connectivity index (χ4v) is 4.61. The lowest BCUT2D eigenvalue weighted by Gasteiger charge is -2.40. The predicted octanol–water partition coefficient (Wildman–Crippen LogP) is 3.64. The van der Waals surface area contributed by atoms with Crippen molar-refractivity contribution in [3.05, 3.63) is 45.0 Å². The van der Waals surface area contributed by atoms with Crippen molar-refractivity contribution in [3.63, 3.8) is 0 Å². The average Bonchev–Trinajstić information content (AvgIpc) is 2.99. The number of amides is 2. The summed E-state index contributed by atoms with van der Waals surface area (Å²) >= 11 is 9.33. The molecule has 2 atom stereocenters. The summed E-state index contributed by atoms with van der Waals surface area (Å²) in [5.74, 6) is -2.62. The van der Waals surface area contributed by atoms with Crippen LogP contribution >= 0.6 is 27.5 Å². The van der Waals surface area contributed by atoms with Gasteiger partial charge in [0.2, 0.25) is 5.91 Å². The van der Waals surface area contributed by atoms with Crippen LogP contribution in [-0.2, 0) is 10.3 Å². The molecular formula is C19H20BrClN4O4. The molecule has 1 fully saturated rings. The minimum absolute atomic E-state index is 0.0554. The first kappa shape index (κ1) is 21.3. The van der Waals surface area contributed by atoms with E-state index in [0.29, 0.717) is 6.42 Å². The number of hydrogen-bond acceptors (Lipinski definition) is 4.